The van der Waals surface area contributed by atoms with Crippen LogP contribution in [0.3, 0.4) is 0 Å². The Morgan fingerprint density at radius 1 is 1.08 bits per heavy atom. The van der Waals surface area contributed by atoms with Gasteiger partial charge < -0.3 is 15.2 Å². The van der Waals surface area contributed by atoms with Crippen molar-refractivity contribution in [3.05, 3.63) is 53.6 Å². The van der Waals surface area contributed by atoms with Gasteiger partial charge in [0.1, 0.15) is 5.56 Å². The normalized spacial score (nSPS) is 10.8. The van der Waals surface area contributed by atoms with E-state index < -0.39 is 27.6 Å². The topological polar surface area (TPSA) is 122 Å². The van der Waals surface area contributed by atoms with E-state index in [0.29, 0.717) is 5.69 Å². The van der Waals surface area contributed by atoms with E-state index in [0.717, 1.165) is 6.26 Å². The number of aromatic hydroxyl groups is 1. The fourth-order valence-corrected chi connectivity index (χ4v) is 2.58. The van der Waals surface area contributed by atoms with E-state index in [2.05, 4.69) is 14.8 Å². The predicted molar refractivity (Wildman–Crippen MR) is 92.3 cm³/mol. The number of ether oxygens (including phenoxy) is 1. The Labute approximate surface area is 144 Å². The zero-order chi connectivity index (χ0) is 18.6. The lowest BCUT2D eigenvalue weighted by atomic mass is 10.1. The lowest BCUT2D eigenvalue weighted by molar-refractivity contribution is 0.0597. The molecule has 0 saturated heterocycles. The van der Waals surface area contributed by atoms with Crippen molar-refractivity contribution in [2.45, 2.75) is 0 Å². The highest BCUT2D eigenvalue weighted by atomic mass is 32.2. The second-order valence-corrected chi connectivity index (χ2v) is 6.85. The van der Waals surface area contributed by atoms with Crippen LogP contribution in [0.4, 0.5) is 11.4 Å². The molecule has 9 heteroatoms. The van der Waals surface area contributed by atoms with E-state index >= 15 is 0 Å². The predicted octanol–water partition coefficient (Wildman–Crippen LogP) is 1.80. The third kappa shape index (κ3) is 4.70. The first kappa shape index (κ1) is 18.3. The smallest absolute Gasteiger partial charge is 0.341 e. The number of phenols is 1. The molecule has 0 aliphatic heterocycles. The Bertz CT molecular complexity index is 907. The number of anilines is 2. The van der Waals surface area contributed by atoms with Gasteiger partial charge in [-0.2, -0.15) is 0 Å². The molecule has 2 aromatic rings. The van der Waals surface area contributed by atoms with Crippen LogP contribution in [-0.4, -0.2) is 38.8 Å². The largest absolute Gasteiger partial charge is 0.505 e. The van der Waals surface area contributed by atoms with Crippen LogP contribution < -0.4 is 10.0 Å². The van der Waals surface area contributed by atoms with Gasteiger partial charge in [0.2, 0.25) is 10.0 Å². The van der Waals surface area contributed by atoms with Gasteiger partial charge in [0, 0.05) is 11.3 Å². The molecule has 8 nitrogen and oxygen atoms in total. The first-order valence-corrected chi connectivity index (χ1v) is 8.90. The van der Waals surface area contributed by atoms with Gasteiger partial charge in [0.25, 0.3) is 5.91 Å². The monoisotopic (exact) mass is 364 g/mol. The molecule has 0 fully saturated rings. The van der Waals surface area contributed by atoms with Crippen molar-refractivity contribution in [3.8, 4) is 5.75 Å². The van der Waals surface area contributed by atoms with Gasteiger partial charge in [0.15, 0.2) is 5.75 Å². The van der Waals surface area contributed by atoms with Gasteiger partial charge in [-0.1, -0.05) is 6.07 Å². The van der Waals surface area contributed by atoms with E-state index in [1.165, 1.54) is 49.6 Å². The van der Waals surface area contributed by atoms with Crippen molar-refractivity contribution in [2.75, 3.05) is 23.4 Å². The highest BCUT2D eigenvalue weighted by molar-refractivity contribution is 7.92. The van der Waals surface area contributed by atoms with Crippen LogP contribution in [0.15, 0.2) is 42.5 Å². The van der Waals surface area contributed by atoms with Crippen molar-refractivity contribution in [3.63, 3.8) is 0 Å². The van der Waals surface area contributed by atoms with Crippen LogP contribution >= 0.6 is 0 Å². The number of para-hydroxylation sites is 1. The van der Waals surface area contributed by atoms with Gasteiger partial charge in [-0.25, -0.2) is 13.2 Å². The maximum absolute atomic E-state index is 12.2. The molecule has 2 aromatic carbocycles. The summed E-state index contributed by atoms with van der Waals surface area (Å²) in [6.07, 6.45) is 1.02. The third-order valence-electron chi connectivity index (χ3n) is 3.14. The summed E-state index contributed by atoms with van der Waals surface area (Å²) < 4.78 is 29.1. The molecular formula is C16H16N2O6S. The Morgan fingerprint density at radius 3 is 2.28 bits per heavy atom. The summed E-state index contributed by atoms with van der Waals surface area (Å²) in [4.78, 5) is 23.8. The zero-order valence-electron chi connectivity index (χ0n) is 13.4. The molecule has 0 spiro atoms. The van der Waals surface area contributed by atoms with Crippen LogP contribution in [-0.2, 0) is 14.8 Å². The van der Waals surface area contributed by atoms with E-state index in [-0.39, 0.29) is 16.8 Å². The molecule has 1 amide bonds. The first-order valence-electron chi connectivity index (χ1n) is 7.01. The van der Waals surface area contributed by atoms with Crippen LogP contribution in [0.2, 0.25) is 0 Å². The van der Waals surface area contributed by atoms with E-state index in [9.17, 15) is 23.1 Å². The van der Waals surface area contributed by atoms with E-state index in [4.69, 9.17) is 0 Å². The molecule has 132 valence electrons. The van der Waals surface area contributed by atoms with Crippen LogP contribution in [0, 0.1) is 0 Å². The zero-order valence-corrected chi connectivity index (χ0v) is 14.3. The van der Waals surface area contributed by atoms with E-state index in [1.807, 2.05) is 0 Å². The number of benzene rings is 2. The number of rotatable bonds is 5. The highest BCUT2D eigenvalue weighted by Crippen LogP contribution is 2.28. The summed E-state index contributed by atoms with van der Waals surface area (Å²) in [6.45, 7) is 0. The van der Waals surface area contributed by atoms with Crippen molar-refractivity contribution in [2.24, 2.45) is 0 Å². The Balaban J connectivity index is 2.19. The summed E-state index contributed by atoms with van der Waals surface area (Å²) in [6, 6.07) is 9.98. The number of sulfonamides is 1. The average molecular weight is 364 g/mol. The van der Waals surface area contributed by atoms with Crippen molar-refractivity contribution >= 4 is 33.3 Å². The summed E-state index contributed by atoms with van der Waals surface area (Å²) >= 11 is 0. The highest BCUT2D eigenvalue weighted by Gasteiger charge is 2.16. The van der Waals surface area contributed by atoms with E-state index in [1.54, 1.807) is 0 Å². The Kier molecular flexibility index (Phi) is 5.28. The molecule has 0 saturated carbocycles. The molecule has 0 unspecified atom stereocenters. The summed E-state index contributed by atoms with van der Waals surface area (Å²) in [5.74, 6) is -1.67. The number of nitrogens with one attached hydrogen (secondary N) is 2. The molecule has 0 atom stereocenters. The van der Waals surface area contributed by atoms with Crippen molar-refractivity contribution in [1.82, 2.24) is 0 Å². The molecule has 0 radical (unpaired) electrons. The first-order chi connectivity index (χ1) is 11.7. The molecule has 0 aliphatic rings. The van der Waals surface area contributed by atoms with Gasteiger partial charge in [-0.3, -0.25) is 9.52 Å². The number of carbonyl (C=O) groups excluding carboxylic acids is 2. The molecule has 25 heavy (non-hydrogen) atoms. The summed E-state index contributed by atoms with van der Waals surface area (Å²) in [5, 5.41) is 12.5. The minimum Gasteiger partial charge on any atom is -0.505 e. The van der Waals surface area contributed by atoms with Crippen LogP contribution in [0.5, 0.6) is 5.75 Å². The standard InChI is InChI=1S/C16H16N2O6S/c1-24-16(21)12-4-3-5-13(14(12)19)17-15(20)10-6-8-11(9-7-10)18-25(2,22)23/h3-9,18-19H,1-2H3,(H,17,20). The van der Waals surface area contributed by atoms with Gasteiger partial charge >= 0.3 is 5.97 Å². The molecule has 0 aromatic heterocycles. The Morgan fingerprint density at radius 2 is 1.72 bits per heavy atom. The summed E-state index contributed by atoms with van der Waals surface area (Å²) in [5.41, 5.74) is 0.524. The lowest BCUT2D eigenvalue weighted by Crippen LogP contribution is -2.13. The molecule has 2 rings (SSSR count). The fourth-order valence-electron chi connectivity index (χ4n) is 2.02. The summed E-state index contributed by atoms with van der Waals surface area (Å²) in [7, 11) is -2.23. The molecule has 0 bridgehead atoms. The minimum atomic E-state index is -3.41. The number of amides is 1. The average Bonchev–Trinajstić information content (AvgIpc) is 2.55. The van der Waals surface area contributed by atoms with Gasteiger partial charge in [-0.15, -0.1) is 0 Å². The second kappa shape index (κ2) is 7.22. The quantitative estimate of drug-likeness (QED) is 0.549. The van der Waals surface area contributed by atoms with Crippen LogP contribution in [0.1, 0.15) is 20.7 Å². The Hall–Kier alpha value is -3.07. The number of phenolic OH excluding ortho intramolecular Hbond substituents is 1. The number of methoxy groups -OCH3 is 1. The SMILES string of the molecule is COC(=O)c1cccc(NC(=O)c2ccc(NS(C)(=O)=O)cc2)c1O. The minimum absolute atomic E-state index is 0.0474. The molecule has 3 N–H and O–H groups in total. The molecular weight excluding hydrogens is 348 g/mol. The second-order valence-electron chi connectivity index (χ2n) is 5.10. The van der Waals surface area contributed by atoms with Gasteiger partial charge in [-0.05, 0) is 36.4 Å². The number of hydrogen-bond donors (Lipinski definition) is 3. The maximum atomic E-state index is 12.2. The fraction of sp³-hybridized carbons (Fsp3) is 0.125. The number of carbonyl (C=O) groups is 2. The third-order valence-corrected chi connectivity index (χ3v) is 3.75. The van der Waals surface area contributed by atoms with Gasteiger partial charge in [0.05, 0.1) is 19.1 Å². The van der Waals surface area contributed by atoms with Crippen molar-refractivity contribution < 1.29 is 27.9 Å². The molecule has 0 heterocycles. The number of hydrogen-bond acceptors (Lipinski definition) is 6. The van der Waals surface area contributed by atoms with Crippen molar-refractivity contribution in [1.29, 1.82) is 0 Å². The lowest BCUT2D eigenvalue weighted by Gasteiger charge is -2.10. The van der Waals surface area contributed by atoms with Crippen LogP contribution in [0.25, 0.3) is 0 Å². The number of esters is 1. The maximum Gasteiger partial charge on any atom is 0.341 e. The molecule has 0 aliphatic carbocycles.